The van der Waals surface area contributed by atoms with Gasteiger partial charge in [-0.2, -0.15) is 0 Å². The Hall–Kier alpha value is -1.18. The third kappa shape index (κ3) is 45.2. The van der Waals surface area contributed by atoms with Crippen molar-refractivity contribution in [1.29, 1.82) is 0 Å². The Morgan fingerprint density at radius 1 is 0.352 bits per heavy atom. The minimum Gasteiger partial charge on any atom is -0.381 e. The number of ether oxygens (including phenoxy) is 2. The van der Waals surface area contributed by atoms with Crippen LogP contribution in [0.3, 0.4) is 0 Å². The van der Waals surface area contributed by atoms with Crippen LogP contribution in [-0.4, -0.2) is 76.4 Å². The minimum absolute atomic E-state index is 0.0504. The second-order valence-electron chi connectivity index (χ2n) is 16.4. The van der Waals surface area contributed by atoms with Crippen LogP contribution in [-0.2, 0) is 19.1 Å². The zero-order valence-electron chi connectivity index (χ0n) is 36.8. The van der Waals surface area contributed by atoms with Crippen molar-refractivity contribution in [2.24, 2.45) is 0 Å². The van der Waals surface area contributed by atoms with Crippen molar-refractivity contribution < 1.29 is 19.1 Å². The molecule has 0 unspecified atom stereocenters. The summed E-state index contributed by atoms with van der Waals surface area (Å²) in [5, 5.41) is 5.89. The van der Waals surface area contributed by atoms with E-state index in [2.05, 4.69) is 24.5 Å². The van der Waals surface area contributed by atoms with Crippen LogP contribution in [0.1, 0.15) is 232 Å². The highest BCUT2D eigenvalue weighted by Crippen LogP contribution is 2.15. The van der Waals surface area contributed by atoms with Crippen LogP contribution < -0.4 is 10.6 Å². The third-order valence-corrected chi connectivity index (χ3v) is 10.7. The normalized spacial score (nSPS) is 11.5. The van der Waals surface area contributed by atoms with Gasteiger partial charge in [0.25, 0.3) is 0 Å². The van der Waals surface area contributed by atoms with E-state index in [1.54, 1.807) is 11.9 Å². The Bertz CT molecular complexity index is 692. The monoisotopic (exact) mass is 766 g/mol. The summed E-state index contributed by atoms with van der Waals surface area (Å²) in [4.78, 5) is 26.3. The van der Waals surface area contributed by atoms with Gasteiger partial charge in [-0.1, -0.05) is 206 Å². The van der Waals surface area contributed by atoms with Gasteiger partial charge in [-0.05, 0) is 32.7 Å². The summed E-state index contributed by atoms with van der Waals surface area (Å²) in [6, 6.07) is 0. The fourth-order valence-electron chi connectivity index (χ4n) is 7.17. The Morgan fingerprint density at radius 3 is 0.833 bits per heavy atom. The molecule has 7 heteroatoms. The summed E-state index contributed by atoms with van der Waals surface area (Å²) >= 11 is 0. The number of carbonyl (C=O) groups is 2. The molecule has 0 rings (SSSR count). The SMILES string of the molecule is CCCCCCCCCCCCCCCCCCOCCCNC(=O)CN(C)CC(=O)NCCCOCCCCCCCCCCCCCCCCCC. The standard InChI is InChI=1S/C47H95N3O4/c1-4-6-8-10-12-14-16-18-20-22-24-26-28-30-32-34-40-53-42-36-38-48-46(51)44-50(3)45-47(52)49-39-37-43-54-41-35-33-31-29-27-25-23-21-19-17-15-13-11-9-7-5-2/h4-45H2,1-3H3,(H,48,51)(H,49,52). The molecule has 0 aliphatic heterocycles. The quantitative estimate of drug-likeness (QED) is 0.0603. The summed E-state index contributed by atoms with van der Waals surface area (Å²) < 4.78 is 11.5. The molecule has 7 nitrogen and oxygen atoms in total. The predicted octanol–water partition coefficient (Wildman–Crippen LogP) is 12.5. The Balaban J connectivity index is 3.34. The third-order valence-electron chi connectivity index (χ3n) is 10.7. The van der Waals surface area contributed by atoms with E-state index in [0.29, 0.717) is 26.3 Å². The number of unbranched alkanes of at least 4 members (excludes halogenated alkanes) is 30. The van der Waals surface area contributed by atoms with Crippen molar-refractivity contribution in [3.8, 4) is 0 Å². The van der Waals surface area contributed by atoms with Gasteiger partial charge in [0.05, 0.1) is 13.1 Å². The molecular formula is C47H95N3O4. The lowest BCUT2D eigenvalue weighted by Gasteiger charge is -2.16. The van der Waals surface area contributed by atoms with E-state index in [1.165, 1.54) is 193 Å². The number of carbonyl (C=O) groups excluding carboxylic acids is 2. The van der Waals surface area contributed by atoms with Gasteiger partial charge in [0.1, 0.15) is 0 Å². The second kappa shape index (κ2) is 46.2. The first kappa shape index (κ1) is 52.8. The van der Waals surface area contributed by atoms with E-state index >= 15 is 0 Å². The highest BCUT2D eigenvalue weighted by atomic mass is 16.5. The zero-order chi connectivity index (χ0) is 39.3. The van der Waals surface area contributed by atoms with Gasteiger partial charge in [-0.25, -0.2) is 0 Å². The largest absolute Gasteiger partial charge is 0.381 e. The molecule has 0 aromatic rings. The molecule has 0 fully saturated rings. The van der Waals surface area contributed by atoms with Crippen LogP contribution in [0.25, 0.3) is 0 Å². The van der Waals surface area contributed by atoms with E-state index in [9.17, 15) is 9.59 Å². The van der Waals surface area contributed by atoms with Gasteiger partial charge in [0.15, 0.2) is 0 Å². The molecule has 0 radical (unpaired) electrons. The number of nitrogens with zero attached hydrogens (tertiary/aromatic N) is 1. The summed E-state index contributed by atoms with van der Waals surface area (Å²) in [7, 11) is 1.81. The molecule has 0 saturated carbocycles. The van der Waals surface area contributed by atoms with E-state index in [0.717, 1.165) is 38.9 Å². The van der Waals surface area contributed by atoms with Gasteiger partial charge in [-0.15, -0.1) is 0 Å². The number of hydrogen-bond acceptors (Lipinski definition) is 5. The highest BCUT2D eigenvalue weighted by molar-refractivity contribution is 5.81. The first-order chi connectivity index (χ1) is 26.6. The fourth-order valence-corrected chi connectivity index (χ4v) is 7.17. The van der Waals surface area contributed by atoms with Crippen LogP contribution in [0.15, 0.2) is 0 Å². The van der Waals surface area contributed by atoms with Crippen molar-refractivity contribution in [2.75, 3.05) is 59.7 Å². The van der Waals surface area contributed by atoms with E-state index in [-0.39, 0.29) is 24.9 Å². The Morgan fingerprint density at radius 2 is 0.574 bits per heavy atom. The van der Waals surface area contributed by atoms with E-state index in [1.807, 2.05) is 0 Å². The molecule has 322 valence electrons. The average molecular weight is 766 g/mol. The number of hydrogen-bond donors (Lipinski definition) is 2. The molecule has 2 amide bonds. The Kier molecular flexibility index (Phi) is 45.2. The van der Waals surface area contributed by atoms with Crippen molar-refractivity contribution in [1.82, 2.24) is 15.5 Å². The lowest BCUT2D eigenvalue weighted by Crippen LogP contribution is -2.41. The molecule has 0 aromatic carbocycles. The molecule has 0 spiro atoms. The highest BCUT2D eigenvalue weighted by Gasteiger charge is 2.10. The number of likely N-dealkylation sites (N-methyl/N-ethyl adjacent to an activating group) is 1. The van der Waals surface area contributed by atoms with Crippen molar-refractivity contribution in [2.45, 2.75) is 232 Å². The number of rotatable bonds is 46. The van der Waals surface area contributed by atoms with Crippen molar-refractivity contribution in [3.05, 3.63) is 0 Å². The molecule has 54 heavy (non-hydrogen) atoms. The summed E-state index contributed by atoms with van der Waals surface area (Å²) in [5.74, 6) is -0.101. The molecule has 0 heterocycles. The van der Waals surface area contributed by atoms with Gasteiger partial charge < -0.3 is 20.1 Å². The molecule has 2 N–H and O–H groups in total. The number of nitrogens with one attached hydrogen (secondary N) is 2. The van der Waals surface area contributed by atoms with Gasteiger partial charge in [0, 0.05) is 39.5 Å². The van der Waals surface area contributed by atoms with Gasteiger partial charge in [0.2, 0.25) is 11.8 Å². The molecule has 0 atom stereocenters. The van der Waals surface area contributed by atoms with Crippen LogP contribution in [0.5, 0.6) is 0 Å². The molecule has 0 aliphatic carbocycles. The maximum Gasteiger partial charge on any atom is 0.234 e. The Labute approximate surface area is 337 Å². The van der Waals surface area contributed by atoms with Crippen molar-refractivity contribution >= 4 is 11.8 Å². The predicted molar refractivity (Wildman–Crippen MR) is 233 cm³/mol. The topological polar surface area (TPSA) is 79.9 Å². The first-order valence-corrected chi connectivity index (χ1v) is 24.0. The summed E-state index contributed by atoms with van der Waals surface area (Å²) in [5.41, 5.74) is 0. The molecule has 0 saturated heterocycles. The second-order valence-corrected chi connectivity index (χ2v) is 16.4. The zero-order valence-corrected chi connectivity index (χ0v) is 36.8. The minimum atomic E-state index is -0.0504. The number of amides is 2. The molecule has 0 bridgehead atoms. The fraction of sp³-hybridized carbons (Fsp3) is 0.957. The van der Waals surface area contributed by atoms with Crippen LogP contribution in [0.2, 0.25) is 0 Å². The maximum atomic E-state index is 12.2. The average Bonchev–Trinajstić information content (AvgIpc) is 3.16. The van der Waals surface area contributed by atoms with E-state index in [4.69, 9.17) is 9.47 Å². The summed E-state index contributed by atoms with van der Waals surface area (Å²) in [6.07, 6.45) is 45.7. The summed E-state index contributed by atoms with van der Waals surface area (Å²) in [6.45, 7) is 9.22. The maximum absolute atomic E-state index is 12.2. The van der Waals surface area contributed by atoms with Gasteiger partial charge >= 0.3 is 0 Å². The van der Waals surface area contributed by atoms with Gasteiger partial charge in [-0.3, -0.25) is 14.5 Å². The van der Waals surface area contributed by atoms with Crippen LogP contribution >= 0.6 is 0 Å². The van der Waals surface area contributed by atoms with Crippen LogP contribution in [0.4, 0.5) is 0 Å². The smallest absolute Gasteiger partial charge is 0.234 e. The van der Waals surface area contributed by atoms with E-state index < -0.39 is 0 Å². The first-order valence-electron chi connectivity index (χ1n) is 24.0. The van der Waals surface area contributed by atoms with Crippen LogP contribution in [0, 0.1) is 0 Å². The molecule has 0 aromatic heterocycles. The van der Waals surface area contributed by atoms with Crippen molar-refractivity contribution in [3.63, 3.8) is 0 Å². The lowest BCUT2D eigenvalue weighted by molar-refractivity contribution is -0.124. The molecular weight excluding hydrogens is 671 g/mol. The molecule has 0 aliphatic rings. The lowest BCUT2D eigenvalue weighted by atomic mass is 10.0.